The molecule has 0 unspecified atom stereocenters. The van der Waals surface area contributed by atoms with Gasteiger partial charge in [0.2, 0.25) is 0 Å². The van der Waals surface area contributed by atoms with Crippen LogP contribution >= 0.6 is 0 Å². The van der Waals surface area contributed by atoms with E-state index in [9.17, 15) is 13.6 Å². The van der Waals surface area contributed by atoms with E-state index >= 15 is 0 Å². The Bertz CT molecular complexity index is 518. The summed E-state index contributed by atoms with van der Waals surface area (Å²) < 4.78 is 24.5. The van der Waals surface area contributed by atoms with Crippen molar-refractivity contribution in [1.82, 2.24) is 4.90 Å². The molecule has 1 aromatic carbocycles. The topological polar surface area (TPSA) is 40.5 Å². The third-order valence-corrected chi connectivity index (χ3v) is 2.62. The first-order chi connectivity index (χ1) is 8.97. The van der Waals surface area contributed by atoms with Crippen LogP contribution < -0.4 is 0 Å². The molecule has 1 amide bonds. The van der Waals surface area contributed by atoms with Crippen LogP contribution in [0.15, 0.2) is 18.2 Å². The molecule has 0 atom stereocenters. The number of carbonyl (C=O) groups excluding carboxylic acids is 1. The zero-order chi connectivity index (χ0) is 14.4. The van der Waals surface area contributed by atoms with Gasteiger partial charge in [-0.05, 0) is 24.6 Å². The number of carbonyl (C=O) groups is 1. The lowest BCUT2D eigenvalue weighted by molar-refractivity contribution is 0.0619. The Kier molecular flexibility index (Phi) is 5.46. The SMILES string of the molecule is Cc1c(C#CCO)cccc1C(=O)N(C)CC(F)F. The van der Waals surface area contributed by atoms with Crippen LogP contribution in [0.4, 0.5) is 8.78 Å². The summed E-state index contributed by atoms with van der Waals surface area (Å²) in [7, 11) is 1.33. The first kappa shape index (κ1) is 15.1. The van der Waals surface area contributed by atoms with Crippen LogP contribution in [0.2, 0.25) is 0 Å². The van der Waals surface area contributed by atoms with Gasteiger partial charge in [0.1, 0.15) is 6.61 Å². The predicted molar refractivity (Wildman–Crippen MR) is 68.1 cm³/mol. The lowest BCUT2D eigenvalue weighted by Gasteiger charge is -2.18. The van der Waals surface area contributed by atoms with Crippen LogP contribution in [-0.2, 0) is 0 Å². The van der Waals surface area contributed by atoms with E-state index in [-0.39, 0.29) is 6.61 Å². The summed E-state index contributed by atoms with van der Waals surface area (Å²) in [6, 6.07) is 4.92. The Hall–Kier alpha value is -1.93. The van der Waals surface area contributed by atoms with E-state index in [2.05, 4.69) is 11.8 Å². The molecule has 0 aliphatic carbocycles. The van der Waals surface area contributed by atoms with Gasteiger partial charge in [0, 0.05) is 18.2 Å². The molecule has 1 rings (SSSR count). The van der Waals surface area contributed by atoms with E-state index in [1.54, 1.807) is 25.1 Å². The summed E-state index contributed by atoms with van der Waals surface area (Å²) in [5.74, 6) is 4.75. The third-order valence-electron chi connectivity index (χ3n) is 2.62. The van der Waals surface area contributed by atoms with E-state index in [1.807, 2.05) is 0 Å². The van der Waals surface area contributed by atoms with E-state index < -0.39 is 18.9 Å². The highest BCUT2D eigenvalue weighted by molar-refractivity contribution is 5.96. The van der Waals surface area contributed by atoms with Crippen molar-refractivity contribution in [1.29, 1.82) is 0 Å². The average Bonchev–Trinajstić information content (AvgIpc) is 2.36. The third kappa shape index (κ3) is 4.04. The number of hydrogen-bond acceptors (Lipinski definition) is 2. The zero-order valence-corrected chi connectivity index (χ0v) is 10.8. The van der Waals surface area contributed by atoms with E-state index in [0.717, 1.165) is 4.90 Å². The van der Waals surface area contributed by atoms with Crippen molar-refractivity contribution in [2.45, 2.75) is 13.3 Å². The molecule has 0 heterocycles. The second-order valence-corrected chi connectivity index (χ2v) is 4.01. The standard InChI is InChI=1S/C14H15F2NO2/c1-10-11(6-4-8-18)5-3-7-12(10)14(19)17(2)9-13(15)16/h3,5,7,13,18H,8-9H2,1-2H3. The maximum Gasteiger partial charge on any atom is 0.255 e. The summed E-state index contributed by atoms with van der Waals surface area (Å²) in [6.07, 6.45) is -2.56. The Morgan fingerprint density at radius 3 is 2.74 bits per heavy atom. The van der Waals surface area contributed by atoms with Crippen LogP contribution in [0.5, 0.6) is 0 Å². The Labute approximate surface area is 110 Å². The smallest absolute Gasteiger partial charge is 0.255 e. The molecule has 0 aromatic heterocycles. The number of halogens is 2. The van der Waals surface area contributed by atoms with Crippen molar-refractivity contribution in [3.05, 3.63) is 34.9 Å². The quantitative estimate of drug-likeness (QED) is 0.846. The van der Waals surface area contributed by atoms with Crippen LogP contribution in [-0.4, -0.2) is 42.5 Å². The average molecular weight is 267 g/mol. The van der Waals surface area contributed by atoms with Crippen molar-refractivity contribution in [2.24, 2.45) is 0 Å². The molecule has 19 heavy (non-hydrogen) atoms. The number of amides is 1. The summed E-state index contributed by atoms with van der Waals surface area (Å²) in [5, 5.41) is 8.65. The van der Waals surface area contributed by atoms with Gasteiger partial charge < -0.3 is 10.0 Å². The highest BCUT2D eigenvalue weighted by atomic mass is 19.3. The van der Waals surface area contributed by atoms with Gasteiger partial charge in [-0.2, -0.15) is 0 Å². The number of nitrogens with zero attached hydrogens (tertiary/aromatic N) is 1. The molecule has 0 bridgehead atoms. The fourth-order valence-corrected chi connectivity index (χ4v) is 1.63. The number of aliphatic hydroxyl groups is 1. The van der Waals surface area contributed by atoms with Crippen molar-refractivity contribution in [3.63, 3.8) is 0 Å². The second kappa shape index (κ2) is 6.86. The van der Waals surface area contributed by atoms with E-state index in [4.69, 9.17) is 5.11 Å². The Morgan fingerprint density at radius 1 is 1.47 bits per heavy atom. The maximum atomic E-state index is 12.3. The van der Waals surface area contributed by atoms with Gasteiger partial charge in [-0.3, -0.25) is 4.79 Å². The van der Waals surface area contributed by atoms with Gasteiger partial charge in [0.15, 0.2) is 0 Å². The minimum atomic E-state index is -2.56. The number of alkyl halides is 2. The molecule has 1 aromatic rings. The Balaban J connectivity index is 3.04. The molecule has 102 valence electrons. The lowest BCUT2D eigenvalue weighted by Crippen LogP contribution is -2.31. The fraction of sp³-hybridized carbons (Fsp3) is 0.357. The van der Waals surface area contributed by atoms with Crippen molar-refractivity contribution >= 4 is 5.91 Å². The predicted octanol–water partition coefficient (Wildman–Crippen LogP) is 1.68. The van der Waals surface area contributed by atoms with Crippen molar-refractivity contribution in [2.75, 3.05) is 20.2 Å². The highest BCUT2D eigenvalue weighted by Crippen LogP contribution is 2.15. The summed E-state index contributed by atoms with van der Waals surface area (Å²) in [6.45, 7) is 0.818. The number of benzene rings is 1. The number of hydrogen-bond donors (Lipinski definition) is 1. The summed E-state index contributed by atoms with van der Waals surface area (Å²) in [5.41, 5.74) is 1.56. The molecular weight excluding hydrogens is 252 g/mol. The van der Waals surface area contributed by atoms with Gasteiger partial charge in [-0.1, -0.05) is 17.9 Å². The zero-order valence-electron chi connectivity index (χ0n) is 10.8. The van der Waals surface area contributed by atoms with Crippen LogP contribution in [0.3, 0.4) is 0 Å². The summed E-state index contributed by atoms with van der Waals surface area (Å²) in [4.78, 5) is 13.0. The maximum absolute atomic E-state index is 12.3. The first-order valence-electron chi connectivity index (χ1n) is 5.70. The molecule has 0 radical (unpaired) electrons. The number of aliphatic hydroxyl groups excluding tert-OH is 1. The molecule has 0 saturated carbocycles. The van der Waals surface area contributed by atoms with Gasteiger partial charge >= 0.3 is 0 Å². The highest BCUT2D eigenvalue weighted by Gasteiger charge is 2.18. The molecule has 1 N–H and O–H groups in total. The summed E-state index contributed by atoms with van der Waals surface area (Å²) >= 11 is 0. The fourth-order valence-electron chi connectivity index (χ4n) is 1.63. The molecule has 3 nitrogen and oxygen atoms in total. The molecule has 0 saturated heterocycles. The monoisotopic (exact) mass is 267 g/mol. The first-order valence-corrected chi connectivity index (χ1v) is 5.70. The second-order valence-electron chi connectivity index (χ2n) is 4.01. The van der Waals surface area contributed by atoms with Gasteiger partial charge in [0.25, 0.3) is 12.3 Å². The van der Waals surface area contributed by atoms with E-state index in [0.29, 0.717) is 16.7 Å². The lowest BCUT2D eigenvalue weighted by atomic mass is 10.0. The normalized spacial score (nSPS) is 10.0. The molecule has 0 spiro atoms. The van der Waals surface area contributed by atoms with E-state index in [1.165, 1.54) is 7.05 Å². The molecular formula is C14H15F2NO2. The van der Waals surface area contributed by atoms with Crippen molar-refractivity contribution < 1.29 is 18.7 Å². The van der Waals surface area contributed by atoms with Gasteiger partial charge in [-0.15, -0.1) is 0 Å². The molecule has 0 aliphatic heterocycles. The van der Waals surface area contributed by atoms with Gasteiger partial charge in [-0.25, -0.2) is 8.78 Å². The number of rotatable bonds is 3. The molecule has 5 heteroatoms. The minimum absolute atomic E-state index is 0.275. The molecule has 0 fully saturated rings. The largest absolute Gasteiger partial charge is 0.384 e. The van der Waals surface area contributed by atoms with Crippen LogP contribution in [0.1, 0.15) is 21.5 Å². The minimum Gasteiger partial charge on any atom is -0.384 e. The van der Waals surface area contributed by atoms with Crippen LogP contribution in [0, 0.1) is 18.8 Å². The van der Waals surface area contributed by atoms with Crippen molar-refractivity contribution in [3.8, 4) is 11.8 Å². The van der Waals surface area contributed by atoms with Crippen LogP contribution in [0.25, 0.3) is 0 Å². The Morgan fingerprint density at radius 2 is 2.16 bits per heavy atom. The van der Waals surface area contributed by atoms with Gasteiger partial charge in [0.05, 0.1) is 6.54 Å². The molecule has 0 aliphatic rings.